The first-order valence-electron chi connectivity index (χ1n) is 21.7. The standard InChI is InChI=1S/C45H85NO3/c1-3-5-7-9-11-13-15-17-19-21-22-23-25-27-29-31-33-35-37-39-41-45(49)46-43(42-47)44(48)40-38-36-34-32-30-28-26-24-20-18-16-14-12-10-8-6-4-2/h22-23,30,32,38,40,43-44,47-48H,3-21,24-29,31,33-37,39,41-42H2,1-2H3,(H,46,49)/b23-22-,32-30+,40-38+. The van der Waals surface area contributed by atoms with Crippen LogP contribution >= 0.6 is 0 Å². The lowest BCUT2D eigenvalue weighted by molar-refractivity contribution is -0.123. The van der Waals surface area contributed by atoms with E-state index < -0.39 is 12.1 Å². The molecule has 4 nitrogen and oxygen atoms in total. The first-order valence-corrected chi connectivity index (χ1v) is 21.7. The van der Waals surface area contributed by atoms with E-state index in [1.54, 1.807) is 6.08 Å². The van der Waals surface area contributed by atoms with Crippen LogP contribution in [0.5, 0.6) is 0 Å². The Labute approximate surface area is 306 Å². The number of carbonyl (C=O) groups excluding carboxylic acids is 1. The van der Waals surface area contributed by atoms with Crippen molar-refractivity contribution in [2.24, 2.45) is 0 Å². The highest BCUT2D eigenvalue weighted by atomic mass is 16.3. The van der Waals surface area contributed by atoms with Crippen LogP contribution in [-0.4, -0.2) is 34.9 Å². The third-order valence-corrected chi connectivity index (χ3v) is 9.85. The van der Waals surface area contributed by atoms with Gasteiger partial charge in [0.2, 0.25) is 5.91 Å². The first kappa shape index (κ1) is 47.6. The van der Waals surface area contributed by atoms with E-state index in [9.17, 15) is 15.0 Å². The van der Waals surface area contributed by atoms with Gasteiger partial charge in [-0.1, -0.05) is 198 Å². The molecule has 288 valence electrons. The van der Waals surface area contributed by atoms with Crippen LogP contribution in [0.15, 0.2) is 36.5 Å². The van der Waals surface area contributed by atoms with Gasteiger partial charge in [0.1, 0.15) is 0 Å². The molecule has 2 atom stereocenters. The minimum Gasteiger partial charge on any atom is -0.394 e. The maximum absolute atomic E-state index is 12.4. The van der Waals surface area contributed by atoms with Crippen LogP contribution in [0.4, 0.5) is 0 Å². The lowest BCUT2D eigenvalue weighted by Crippen LogP contribution is -2.45. The summed E-state index contributed by atoms with van der Waals surface area (Å²) in [6, 6.07) is -0.639. The van der Waals surface area contributed by atoms with E-state index in [-0.39, 0.29) is 12.5 Å². The van der Waals surface area contributed by atoms with Crippen molar-refractivity contribution >= 4 is 5.91 Å². The molecule has 2 unspecified atom stereocenters. The Morgan fingerprint density at radius 1 is 0.469 bits per heavy atom. The van der Waals surface area contributed by atoms with Crippen molar-refractivity contribution in [2.45, 2.75) is 238 Å². The molecule has 0 spiro atoms. The summed E-state index contributed by atoms with van der Waals surface area (Å²) in [4.78, 5) is 12.4. The Morgan fingerprint density at radius 2 is 0.796 bits per heavy atom. The van der Waals surface area contributed by atoms with E-state index in [0.717, 1.165) is 32.1 Å². The minimum atomic E-state index is -0.862. The highest BCUT2D eigenvalue weighted by Gasteiger charge is 2.17. The third kappa shape index (κ3) is 37.7. The maximum atomic E-state index is 12.4. The molecule has 0 saturated carbocycles. The number of aliphatic hydroxyl groups is 2. The Kier molecular flexibility index (Phi) is 39.9. The Morgan fingerprint density at radius 3 is 1.18 bits per heavy atom. The first-order chi connectivity index (χ1) is 24.2. The van der Waals surface area contributed by atoms with Crippen LogP contribution in [0.1, 0.15) is 226 Å². The summed E-state index contributed by atoms with van der Waals surface area (Å²) in [6.45, 7) is 4.30. The quantitative estimate of drug-likeness (QED) is 0.0445. The van der Waals surface area contributed by atoms with E-state index in [1.807, 2.05) is 6.08 Å². The Bertz CT molecular complexity index is 746. The van der Waals surface area contributed by atoms with E-state index in [2.05, 4.69) is 43.5 Å². The molecule has 0 aromatic heterocycles. The SMILES string of the molecule is CCCCCCCCCCC/C=C\CCCCCCCCCC(=O)NC(CO)C(O)/C=C/CC/C=C/CCCCCCCCCCCCC. The average Bonchev–Trinajstić information content (AvgIpc) is 3.10. The van der Waals surface area contributed by atoms with Crippen LogP contribution < -0.4 is 5.32 Å². The lowest BCUT2D eigenvalue weighted by Gasteiger charge is -2.19. The molecule has 0 rings (SSSR count). The third-order valence-electron chi connectivity index (χ3n) is 9.85. The second kappa shape index (κ2) is 41.0. The molecular formula is C45H85NO3. The van der Waals surface area contributed by atoms with Gasteiger partial charge in [-0.2, -0.15) is 0 Å². The zero-order chi connectivity index (χ0) is 35.7. The number of carbonyl (C=O) groups is 1. The molecule has 1 amide bonds. The fourth-order valence-corrected chi connectivity index (χ4v) is 6.48. The summed E-state index contributed by atoms with van der Waals surface area (Å²) < 4.78 is 0. The van der Waals surface area contributed by atoms with Crippen molar-refractivity contribution in [3.05, 3.63) is 36.5 Å². The van der Waals surface area contributed by atoms with Crippen LogP contribution in [0.25, 0.3) is 0 Å². The molecule has 0 radical (unpaired) electrons. The summed E-state index contributed by atoms with van der Waals surface area (Å²) in [5.41, 5.74) is 0. The van der Waals surface area contributed by atoms with Gasteiger partial charge in [0.25, 0.3) is 0 Å². The van der Waals surface area contributed by atoms with Crippen LogP contribution in [0.3, 0.4) is 0 Å². The molecule has 0 bridgehead atoms. The number of hydrogen-bond acceptors (Lipinski definition) is 3. The van der Waals surface area contributed by atoms with Crippen molar-refractivity contribution in [3.8, 4) is 0 Å². The van der Waals surface area contributed by atoms with Gasteiger partial charge in [-0.25, -0.2) is 0 Å². The van der Waals surface area contributed by atoms with Gasteiger partial charge in [-0.05, 0) is 57.8 Å². The van der Waals surface area contributed by atoms with E-state index in [4.69, 9.17) is 0 Å². The second-order valence-corrected chi connectivity index (χ2v) is 14.8. The van der Waals surface area contributed by atoms with Gasteiger partial charge in [-0.15, -0.1) is 0 Å². The number of hydrogen-bond donors (Lipinski definition) is 3. The van der Waals surface area contributed by atoms with E-state index >= 15 is 0 Å². The molecule has 3 N–H and O–H groups in total. The number of allylic oxidation sites excluding steroid dienone is 5. The minimum absolute atomic E-state index is 0.0777. The summed E-state index contributed by atoms with van der Waals surface area (Å²) >= 11 is 0. The van der Waals surface area contributed by atoms with Crippen molar-refractivity contribution in [1.29, 1.82) is 0 Å². The Balaban J connectivity index is 3.61. The zero-order valence-electron chi connectivity index (χ0n) is 33.0. The monoisotopic (exact) mass is 688 g/mol. The smallest absolute Gasteiger partial charge is 0.220 e. The van der Waals surface area contributed by atoms with Gasteiger partial charge in [0.05, 0.1) is 18.8 Å². The molecule has 0 aromatic rings. The summed E-state index contributed by atoms with van der Waals surface area (Å²) in [6.07, 6.45) is 53.9. The maximum Gasteiger partial charge on any atom is 0.220 e. The fourth-order valence-electron chi connectivity index (χ4n) is 6.48. The fraction of sp³-hybridized carbons (Fsp3) is 0.844. The normalized spacial score (nSPS) is 13.3. The molecule has 0 aliphatic rings. The van der Waals surface area contributed by atoms with Crippen LogP contribution in [-0.2, 0) is 4.79 Å². The molecule has 4 heteroatoms. The molecular weight excluding hydrogens is 602 g/mol. The van der Waals surface area contributed by atoms with Crippen LogP contribution in [0.2, 0.25) is 0 Å². The van der Waals surface area contributed by atoms with Gasteiger partial charge in [-0.3, -0.25) is 4.79 Å². The number of rotatable bonds is 39. The second-order valence-electron chi connectivity index (χ2n) is 14.8. The van der Waals surface area contributed by atoms with Gasteiger partial charge >= 0.3 is 0 Å². The number of amides is 1. The number of nitrogens with one attached hydrogen (secondary N) is 1. The predicted octanol–water partition coefficient (Wildman–Crippen LogP) is 13.4. The van der Waals surface area contributed by atoms with Crippen molar-refractivity contribution in [1.82, 2.24) is 5.32 Å². The topological polar surface area (TPSA) is 69.6 Å². The summed E-state index contributed by atoms with van der Waals surface area (Å²) in [5, 5.41) is 23.0. The largest absolute Gasteiger partial charge is 0.394 e. The molecule has 0 aliphatic heterocycles. The molecule has 0 aromatic carbocycles. The zero-order valence-corrected chi connectivity index (χ0v) is 33.0. The van der Waals surface area contributed by atoms with Crippen molar-refractivity contribution in [2.75, 3.05) is 6.61 Å². The number of aliphatic hydroxyl groups excluding tert-OH is 2. The summed E-state index contributed by atoms with van der Waals surface area (Å²) in [7, 11) is 0. The summed E-state index contributed by atoms with van der Waals surface area (Å²) in [5.74, 6) is -0.0777. The lowest BCUT2D eigenvalue weighted by atomic mass is 10.1. The van der Waals surface area contributed by atoms with Gasteiger partial charge in [0.15, 0.2) is 0 Å². The number of unbranched alkanes of at least 4 members (excludes halogenated alkanes) is 28. The molecule has 0 heterocycles. The van der Waals surface area contributed by atoms with Gasteiger partial charge < -0.3 is 15.5 Å². The molecule has 49 heavy (non-hydrogen) atoms. The molecule has 0 aliphatic carbocycles. The van der Waals surface area contributed by atoms with E-state index in [1.165, 1.54) is 173 Å². The average molecular weight is 688 g/mol. The van der Waals surface area contributed by atoms with Crippen LogP contribution in [0, 0.1) is 0 Å². The highest BCUT2D eigenvalue weighted by Crippen LogP contribution is 2.14. The Hall–Kier alpha value is -1.39. The molecule has 0 fully saturated rings. The molecule has 0 saturated heterocycles. The van der Waals surface area contributed by atoms with Crippen molar-refractivity contribution < 1.29 is 15.0 Å². The van der Waals surface area contributed by atoms with E-state index in [0.29, 0.717) is 6.42 Å². The highest BCUT2D eigenvalue weighted by molar-refractivity contribution is 5.76. The van der Waals surface area contributed by atoms with Crippen molar-refractivity contribution in [3.63, 3.8) is 0 Å². The van der Waals surface area contributed by atoms with Gasteiger partial charge in [0, 0.05) is 6.42 Å². The predicted molar refractivity (Wildman–Crippen MR) is 216 cm³/mol.